The minimum Gasteiger partial charge on any atom is -0.313 e. The minimum absolute atomic E-state index is 0.248. The third kappa shape index (κ3) is 6.12. The van der Waals surface area contributed by atoms with E-state index in [1.165, 1.54) is 25.0 Å². The van der Waals surface area contributed by atoms with Crippen molar-refractivity contribution >= 4 is 11.8 Å². The van der Waals surface area contributed by atoms with Crippen LogP contribution in [0.3, 0.4) is 0 Å². The summed E-state index contributed by atoms with van der Waals surface area (Å²) in [5, 5.41) is 8.10. The molecule has 16 heavy (non-hydrogen) atoms. The predicted octanol–water partition coefficient (Wildman–Crippen LogP) is 2.64. The van der Waals surface area contributed by atoms with Crippen molar-refractivity contribution in [3.8, 4) is 0 Å². The van der Waals surface area contributed by atoms with Gasteiger partial charge in [-0.15, -0.1) is 0 Å². The molecule has 1 aliphatic carbocycles. The van der Waals surface area contributed by atoms with E-state index in [4.69, 9.17) is 0 Å². The molecule has 0 bridgehead atoms. The third-order valence-corrected chi connectivity index (χ3v) is 4.23. The van der Waals surface area contributed by atoms with Crippen LogP contribution in [-0.4, -0.2) is 35.7 Å². The van der Waals surface area contributed by atoms with Gasteiger partial charge in [0.2, 0.25) is 0 Å². The summed E-state index contributed by atoms with van der Waals surface area (Å²) in [4.78, 5) is 0. The van der Waals surface area contributed by atoms with Crippen LogP contribution in [0.25, 0.3) is 0 Å². The van der Waals surface area contributed by atoms with Crippen molar-refractivity contribution in [2.45, 2.75) is 63.8 Å². The first-order valence-electron chi connectivity index (χ1n) is 6.61. The fourth-order valence-corrected chi connectivity index (χ4v) is 3.37. The first-order valence-corrected chi connectivity index (χ1v) is 7.66. The smallest absolute Gasteiger partial charge is 0.00970 e. The number of hydrogen-bond donors (Lipinski definition) is 2. The lowest BCUT2D eigenvalue weighted by Gasteiger charge is -2.21. The highest BCUT2D eigenvalue weighted by atomic mass is 32.2. The van der Waals surface area contributed by atoms with Gasteiger partial charge in [0.15, 0.2) is 0 Å². The zero-order chi connectivity index (χ0) is 12.0. The normalized spacial score (nSPS) is 26.2. The summed E-state index contributed by atoms with van der Waals surface area (Å²) in [6.45, 7) is 11.1. The molecule has 0 heterocycles. The quantitative estimate of drug-likeness (QED) is 0.703. The summed E-state index contributed by atoms with van der Waals surface area (Å²) in [5.41, 5.74) is 0.248. The Kier molecular flexibility index (Phi) is 6.16. The molecule has 2 atom stereocenters. The molecular weight excluding hydrogens is 216 g/mol. The van der Waals surface area contributed by atoms with Crippen molar-refractivity contribution < 1.29 is 0 Å². The van der Waals surface area contributed by atoms with Crippen LogP contribution in [0.15, 0.2) is 0 Å². The van der Waals surface area contributed by atoms with Crippen LogP contribution in [0.1, 0.15) is 47.0 Å². The summed E-state index contributed by atoms with van der Waals surface area (Å²) in [6.07, 6.45) is 4.14. The van der Waals surface area contributed by atoms with Gasteiger partial charge >= 0.3 is 0 Å². The van der Waals surface area contributed by atoms with Crippen molar-refractivity contribution in [3.05, 3.63) is 0 Å². The Balaban J connectivity index is 2.02. The molecular formula is C13H28N2S. The van der Waals surface area contributed by atoms with E-state index >= 15 is 0 Å². The fourth-order valence-electron chi connectivity index (χ4n) is 2.23. The highest BCUT2D eigenvalue weighted by molar-refractivity contribution is 7.99. The molecule has 0 radical (unpaired) electrons. The fraction of sp³-hybridized carbons (Fsp3) is 1.00. The largest absolute Gasteiger partial charge is 0.313 e. The second kappa shape index (κ2) is 6.87. The van der Waals surface area contributed by atoms with E-state index in [0.29, 0.717) is 0 Å². The zero-order valence-electron chi connectivity index (χ0n) is 11.3. The Bertz CT molecular complexity index is 189. The lowest BCUT2D eigenvalue weighted by Crippen LogP contribution is -2.41. The molecule has 2 nitrogen and oxygen atoms in total. The van der Waals surface area contributed by atoms with E-state index in [1.54, 1.807) is 0 Å². The monoisotopic (exact) mass is 244 g/mol. The van der Waals surface area contributed by atoms with Crippen LogP contribution in [0.2, 0.25) is 0 Å². The van der Waals surface area contributed by atoms with Crippen LogP contribution in [0.4, 0.5) is 0 Å². The summed E-state index contributed by atoms with van der Waals surface area (Å²) >= 11 is 2.13. The lowest BCUT2D eigenvalue weighted by molar-refractivity contribution is 0.409. The van der Waals surface area contributed by atoms with Crippen molar-refractivity contribution in [1.82, 2.24) is 10.6 Å². The first kappa shape index (κ1) is 14.3. The second-order valence-corrected chi connectivity index (χ2v) is 7.30. The lowest BCUT2D eigenvalue weighted by atomic mass is 10.1. The highest BCUT2D eigenvalue weighted by Gasteiger charge is 2.23. The molecule has 0 amide bonds. The molecule has 0 aromatic carbocycles. The molecule has 0 saturated heterocycles. The van der Waals surface area contributed by atoms with Crippen molar-refractivity contribution in [1.29, 1.82) is 0 Å². The van der Waals surface area contributed by atoms with Gasteiger partial charge in [0.1, 0.15) is 0 Å². The summed E-state index contributed by atoms with van der Waals surface area (Å²) in [7, 11) is 0. The average molecular weight is 244 g/mol. The molecule has 0 spiro atoms. The molecule has 2 unspecified atom stereocenters. The van der Waals surface area contributed by atoms with Gasteiger partial charge in [-0.25, -0.2) is 0 Å². The van der Waals surface area contributed by atoms with Crippen LogP contribution >= 0.6 is 11.8 Å². The molecule has 0 aromatic heterocycles. The molecule has 0 aliphatic heterocycles. The van der Waals surface area contributed by atoms with Crippen molar-refractivity contribution in [2.24, 2.45) is 0 Å². The number of thioether (sulfide) groups is 1. The van der Waals surface area contributed by atoms with Crippen LogP contribution < -0.4 is 10.6 Å². The Labute approximate surface area is 105 Å². The van der Waals surface area contributed by atoms with Gasteiger partial charge in [-0.2, -0.15) is 11.8 Å². The number of rotatable bonds is 6. The van der Waals surface area contributed by atoms with Gasteiger partial charge in [0, 0.05) is 29.9 Å². The van der Waals surface area contributed by atoms with Crippen molar-refractivity contribution in [3.63, 3.8) is 0 Å². The second-order valence-electron chi connectivity index (χ2n) is 5.72. The van der Waals surface area contributed by atoms with Gasteiger partial charge in [-0.3, -0.25) is 0 Å². The number of hydrogen-bond acceptors (Lipinski definition) is 3. The van der Waals surface area contributed by atoms with Gasteiger partial charge in [-0.1, -0.05) is 6.92 Å². The Hall–Kier alpha value is 0.270. The third-order valence-electron chi connectivity index (χ3n) is 3.00. The van der Waals surface area contributed by atoms with E-state index in [1.807, 2.05) is 0 Å². The topological polar surface area (TPSA) is 24.1 Å². The van der Waals surface area contributed by atoms with Gasteiger partial charge < -0.3 is 10.6 Å². The maximum absolute atomic E-state index is 3.67. The molecule has 96 valence electrons. The van der Waals surface area contributed by atoms with Crippen LogP contribution in [0, 0.1) is 0 Å². The summed E-state index contributed by atoms with van der Waals surface area (Å²) in [6, 6.07) is 0.769. The SMILES string of the molecule is CCSC1CCC(NCCNC(C)(C)C)C1. The maximum Gasteiger partial charge on any atom is 0.00970 e. The highest BCUT2D eigenvalue weighted by Crippen LogP contribution is 2.29. The molecule has 0 aromatic rings. The van der Waals surface area contributed by atoms with Gasteiger partial charge in [-0.05, 0) is 45.8 Å². The van der Waals surface area contributed by atoms with E-state index in [2.05, 4.69) is 50.1 Å². The molecule has 2 N–H and O–H groups in total. The first-order chi connectivity index (χ1) is 7.51. The predicted molar refractivity (Wildman–Crippen MR) is 75.3 cm³/mol. The molecule has 3 heteroatoms. The minimum atomic E-state index is 0.248. The molecule has 1 aliphatic rings. The standard InChI is InChI=1S/C13H28N2S/c1-5-16-12-7-6-11(10-12)14-8-9-15-13(2,3)4/h11-12,14-15H,5-10H2,1-4H3. The Morgan fingerprint density at radius 1 is 1.19 bits per heavy atom. The number of nitrogens with one attached hydrogen (secondary N) is 2. The Morgan fingerprint density at radius 3 is 2.56 bits per heavy atom. The summed E-state index contributed by atoms with van der Waals surface area (Å²) in [5.74, 6) is 1.27. The van der Waals surface area contributed by atoms with E-state index < -0.39 is 0 Å². The van der Waals surface area contributed by atoms with Crippen molar-refractivity contribution in [2.75, 3.05) is 18.8 Å². The molecule has 1 rings (SSSR count). The zero-order valence-corrected chi connectivity index (χ0v) is 12.1. The average Bonchev–Trinajstić information content (AvgIpc) is 2.60. The van der Waals surface area contributed by atoms with E-state index in [0.717, 1.165) is 24.4 Å². The van der Waals surface area contributed by atoms with Crippen LogP contribution in [0.5, 0.6) is 0 Å². The summed E-state index contributed by atoms with van der Waals surface area (Å²) < 4.78 is 0. The van der Waals surface area contributed by atoms with Gasteiger partial charge in [0.05, 0.1) is 0 Å². The van der Waals surface area contributed by atoms with E-state index in [9.17, 15) is 0 Å². The van der Waals surface area contributed by atoms with Gasteiger partial charge in [0.25, 0.3) is 0 Å². The molecule has 1 saturated carbocycles. The van der Waals surface area contributed by atoms with E-state index in [-0.39, 0.29) is 5.54 Å². The maximum atomic E-state index is 3.67. The molecule has 1 fully saturated rings. The Morgan fingerprint density at radius 2 is 1.94 bits per heavy atom. The van der Waals surface area contributed by atoms with Crippen LogP contribution in [-0.2, 0) is 0 Å².